The Morgan fingerprint density at radius 2 is 1.55 bits per heavy atom. The third-order valence-corrected chi connectivity index (χ3v) is 7.02. The van der Waals surface area contributed by atoms with Gasteiger partial charge in [0, 0.05) is 43.6 Å². The lowest BCUT2D eigenvalue weighted by Crippen LogP contribution is -2.49. The number of Topliss-reactive ketones (excluding diaryl/α,β-unsaturated/α-hetero) is 1. The van der Waals surface area contributed by atoms with Gasteiger partial charge in [-0.25, -0.2) is 0 Å². The molecular formula is C28H36N2O3. The molecule has 5 heteroatoms. The van der Waals surface area contributed by atoms with Gasteiger partial charge in [-0.1, -0.05) is 60.7 Å². The van der Waals surface area contributed by atoms with E-state index in [0.717, 1.165) is 44.6 Å². The first-order valence-electron chi connectivity index (χ1n) is 12.4. The summed E-state index contributed by atoms with van der Waals surface area (Å²) >= 11 is 0. The van der Waals surface area contributed by atoms with E-state index in [-0.39, 0.29) is 11.7 Å². The summed E-state index contributed by atoms with van der Waals surface area (Å²) in [4.78, 5) is 29.5. The first kappa shape index (κ1) is 23.7. The molecule has 176 valence electrons. The van der Waals surface area contributed by atoms with Crippen LogP contribution in [0.4, 0.5) is 0 Å². The van der Waals surface area contributed by atoms with Crippen LogP contribution in [0.3, 0.4) is 0 Å². The molecule has 4 rings (SSSR count). The highest BCUT2D eigenvalue weighted by Crippen LogP contribution is 2.27. The van der Waals surface area contributed by atoms with E-state index in [9.17, 15) is 9.59 Å². The van der Waals surface area contributed by atoms with E-state index >= 15 is 0 Å². The van der Waals surface area contributed by atoms with Gasteiger partial charge in [0.25, 0.3) is 0 Å². The molecule has 0 unspecified atom stereocenters. The Labute approximate surface area is 197 Å². The number of likely N-dealkylation sites (tertiary alicyclic amines) is 2. The van der Waals surface area contributed by atoms with Gasteiger partial charge in [0.05, 0.1) is 13.2 Å². The molecule has 5 nitrogen and oxygen atoms in total. The van der Waals surface area contributed by atoms with Crippen molar-refractivity contribution in [3.05, 3.63) is 71.8 Å². The maximum atomic E-state index is 12.7. The minimum absolute atomic E-state index is 0.122. The number of rotatable bonds is 10. The molecule has 0 saturated carbocycles. The van der Waals surface area contributed by atoms with Crippen molar-refractivity contribution in [2.75, 3.05) is 26.2 Å². The summed E-state index contributed by atoms with van der Waals surface area (Å²) in [5, 5.41) is 0. The molecular weight excluding hydrogens is 412 g/mol. The van der Waals surface area contributed by atoms with Crippen LogP contribution in [-0.2, 0) is 16.1 Å². The minimum Gasteiger partial charge on any atom is -0.375 e. The van der Waals surface area contributed by atoms with Crippen LogP contribution in [0, 0.1) is 0 Å². The molecule has 1 amide bonds. The van der Waals surface area contributed by atoms with Crippen molar-refractivity contribution in [1.82, 2.24) is 9.80 Å². The maximum absolute atomic E-state index is 12.7. The highest BCUT2D eigenvalue weighted by atomic mass is 16.5. The van der Waals surface area contributed by atoms with Gasteiger partial charge in [-0.2, -0.15) is 0 Å². The minimum atomic E-state index is 0.122. The Hall–Kier alpha value is -2.50. The molecule has 2 fully saturated rings. The van der Waals surface area contributed by atoms with Gasteiger partial charge in [0.15, 0.2) is 5.78 Å². The number of carbonyl (C=O) groups is 2. The molecule has 0 radical (unpaired) electrons. The Morgan fingerprint density at radius 1 is 0.848 bits per heavy atom. The number of hydrogen-bond donors (Lipinski definition) is 0. The largest absolute Gasteiger partial charge is 0.375 e. The van der Waals surface area contributed by atoms with Crippen LogP contribution in [0.1, 0.15) is 60.9 Å². The maximum Gasteiger partial charge on any atom is 0.222 e. The predicted octanol–water partition coefficient (Wildman–Crippen LogP) is 4.71. The van der Waals surface area contributed by atoms with Gasteiger partial charge >= 0.3 is 0 Å². The number of nitrogens with zero attached hydrogens (tertiary/aromatic N) is 2. The van der Waals surface area contributed by atoms with Crippen LogP contribution >= 0.6 is 0 Å². The number of amides is 1. The molecule has 2 aromatic carbocycles. The quantitative estimate of drug-likeness (QED) is 0.494. The van der Waals surface area contributed by atoms with Gasteiger partial charge in [-0.3, -0.25) is 14.5 Å². The lowest BCUT2D eigenvalue weighted by atomic mass is 10.0. The summed E-state index contributed by atoms with van der Waals surface area (Å²) in [6.07, 6.45) is 6.01. The lowest BCUT2D eigenvalue weighted by molar-refractivity contribution is -0.133. The summed E-state index contributed by atoms with van der Waals surface area (Å²) in [5.41, 5.74) is 1.96. The second kappa shape index (κ2) is 12.1. The summed E-state index contributed by atoms with van der Waals surface area (Å²) in [5.74, 6) is 0.315. The van der Waals surface area contributed by atoms with Crippen molar-refractivity contribution in [3.8, 4) is 0 Å². The van der Waals surface area contributed by atoms with E-state index in [4.69, 9.17) is 4.74 Å². The van der Waals surface area contributed by atoms with Crippen LogP contribution in [0.5, 0.6) is 0 Å². The van der Waals surface area contributed by atoms with Crippen LogP contribution in [0.25, 0.3) is 0 Å². The highest BCUT2D eigenvalue weighted by Gasteiger charge is 2.33. The zero-order valence-electron chi connectivity index (χ0n) is 19.5. The molecule has 2 aliphatic rings. The molecule has 33 heavy (non-hydrogen) atoms. The molecule has 0 aliphatic carbocycles. The van der Waals surface area contributed by atoms with Crippen molar-refractivity contribution < 1.29 is 14.3 Å². The zero-order chi connectivity index (χ0) is 22.9. The number of hydrogen-bond acceptors (Lipinski definition) is 4. The fourth-order valence-corrected chi connectivity index (χ4v) is 5.18. The fourth-order valence-electron chi connectivity index (χ4n) is 5.18. The Morgan fingerprint density at radius 3 is 2.27 bits per heavy atom. The van der Waals surface area contributed by atoms with Crippen molar-refractivity contribution in [2.24, 2.45) is 0 Å². The summed E-state index contributed by atoms with van der Waals surface area (Å²) in [7, 11) is 0. The van der Waals surface area contributed by atoms with Crippen LogP contribution in [0.15, 0.2) is 60.7 Å². The predicted molar refractivity (Wildman–Crippen MR) is 130 cm³/mol. The van der Waals surface area contributed by atoms with Gasteiger partial charge in [-0.15, -0.1) is 0 Å². The standard InChI is InChI=1S/C28H36N2O3/c31-27(24-11-5-2-6-12-24)14-7-15-28(32)29-19-16-25(17-20-29)30-18-8-13-26(30)22-33-21-23-9-3-1-4-10-23/h1-6,9-12,25-26H,7-8,13-22H2/t26-/m1/s1. The van der Waals surface area contributed by atoms with Gasteiger partial charge < -0.3 is 9.64 Å². The smallest absolute Gasteiger partial charge is 0.222 e. The number of benzene rings is 2. The molecule has 0 bridgehead atoms. The monoisotopic (exact) mass is 448 g/mol. The molecule has 0 N–H and O–H groups in total. The van der Waals surface area contributed by atoms with Crippen molar-refractivity contribution in [1.29, 1.82) is 0 Å². The third kappa shape index (κ3) is 6.75. The summed E-state index contributed by atoms with van der Waals surface area (Å²) < 4.78 is 6.05. The second-order valence-electron chi connectivity index (χ2n) is 9.29. The average Bonchev–Trinajstić information content (AvgIpc) is 3.34. The first-order chi connectivity index (χ1) is 16.2. The van der Waals surface area contributed by atoms with Crippen molar-refractivity contribution in [3.63, 3.8) is 0 Å². The molecule has 0 spiro atoms. The van der Waals surface area contributed by atoms with E-state index in [0.29, 0.717) is 38.0 Å². The summed E-state index contributed by atoms with van der Waals surface area (Å²) in [6.45, 7) is 4.24. The van der Waals surface area contributed by atoms with E-state index in [1.165, 1.54) is 18.4 Å². The van der Waals surface area contributed by atoms with E-state index in [1.54, 1.807) is 0 Å². The molecule has 2 aliphatic heterocycles. The van der Waals surface area contributed by atoms with Gasteiger partial charge in [0.2, 0.25) is 5.91 Å². The number of carbonyl (C=O) groups excluding carboxylic acids is 2. The number of piperidine rings is 1. The molecule has 2 saturated heterocycles. The molecule has 2 heterocycles. The zero-order valence-corrected chi connectivity index (χ0v) is 19.5. The number of ether oxygens (including phenoxy) is 1. The van der Waals surface area contributed by atoms with Crippen molar-refractivity contribution in [2.45, 2.75) is 63.6 Å². The molecule has 2 aromatic rings. The van der Waals surface area contributed by atoms with Crippen LogP contribution in [0.2, 0.25) is 0 Å². The molecule has 1 atom stereocenters. The van der Waals surface area contributed by atoms with Crippen molar-refractivity contribution >= 4 is 11.7 Å². The second-order valence-corrected chi connectivity index (χ2v) is 9.29. The molecule has 0 aromatic heterocycles. The third-order valence-electron chi connectivity index (χ3n) is 7.02. The van der Waals surface area contributed by atoms with E-state index in [2.05, 4.69) is 29.2 Å². The normalized spacial score (nSPS) is 19.6. The fraction of sp³-hybridized carbons (Fsp3) is 0.500. The topological polar surface area (TPSA) is 49.9 Å². The van der Waals surface area contributed by atoms with Gasteiger partial charge in [0.1, 0.15) is 0 Å². The SMILES string of the molecule is O=C(CCCC(=O)N1CCC(N2CCC[C@@H]2COCc2ccccc2)CC1)c1ccccc1. The van der Waals surface area contributed by atoms with E-state index < -0.39 is 0 Å². The Kier molecular flexibility index (Phi) is 8.67. The Balaban J connectivity index is 1.15. The highest BCUT2D eigenvalue weighted by molar-refractivity contribution is 5.96. The summed E-state index contributed by atoms with van der Waals surface area (Å²) in [6, 6.07) is 20.7. The number of ketones is 1. The van der Waals surface area contributed by atoms with Gasteiger partial charge in [-0.05, 0) is 44.2 Å². The van der Waals surface area contributed by atoms with Crippen LogP contribution in [-0.4, -0.2) is 59.8 Å². The lowest BCUT2D eigenvalue weighted by Gasteiger charge is -2.39. The average molecular weight is 449 g/mol. The first-order valence-corrected chi connectivity index (χ1v) is 12.4. The van der Waals surface area contributed by atoms with Crippen LogP contribution < -0.4 is 0 Å². The Bertz CT molecular complexity index is 879. The van der Waals surface area contributed by atoms with E-state index in [1.807, 2.05) is 41.3 Å².